The van der Waals surface area contributed by atoms with E-state index in [1.165, 1.54) is 6.92 Å². The van der Waals surface area contributed by atoms with Crippen LogP contribution in [0, 0.1) is 20.8 Å². The average Bonchev–Trinajstić information content (AvgIpc) is 2.53. The Labute approximate surface area is 156 Å². The van der Waals surface area contributed by atoms with Gasteiger partial charge in [0.2, 0.25) is 11.8 Å². The third-order valence-electron chi connectivity index (χ3n) is 4.44. The van der Waals surface area contributed by atoms with Gasteiger partial charge in [0.15, 0.2) is 0 Å². The topological polar surface area (TPSA) is 49.4 Å². The molecule has 0 spiro atoms. The molecule has 4 nitrogen and oxygen atoms in total. The van der Waals surface area contributed by atoms with Crippen molar-refractivity contribution < 1.29 is 9.59 Å². The molecule has 138 valence electrons. The Balaban J connectivity index is 2.27. The number of nitrogens with one attached hydrogen (secondary N) is 1. The first-order valence-electron chi connectivity index (χ1n) is 8.95. The summed E-state index contributed by atoms with van der Waals surface area (Å²) in [6.45, 7) is 11.6. The first-order valence-corrected chi connectivity index (χ1v) is 8.95. The van der Waals surface area contributed by atoms with Crippen LogP contribution >= 0.6 is 0 Å². The summed E-state index contributed by atoms with van der Waals surface area (Å²) < 4.78 is 0. The maximum atomic E-state index is 12.7. The van der Waals surface area contributed by atoms with Crippen molar-refractivity contribution in [2.45, 2.75) is 47.5 Å². The van der Waals surface area contributed by atoms with Gasteiger partial charge in [0.05, 0.1) is 5.69 Å². The van der Waals surface area contributed by atoms with E-state index in [1.54, 1.807) is 4.90 Å². The lowest BCUT2D eigenvalue weighted by Crippen LogP contribution is -2.37. The van der Waals surface area contributed by atoms with E-state index in [2.05, 4.69) is 19.2 Å². The summed E-state index contributed by atoms with van der Waals surface area (Å²) in [5.74, 6) is -0.0444. The molecule has 4 heteroatoms. The molecule has 0 aliphatic rings. The molecule has 1 N–H and O–H groups in total. The molecular weight excluding hydrogens is 324 g/mol. The second-order valence-corrected chi connectivity index (χ2v) is 7.14. The first kappa shape index (κ1) is 19.7. The second kappa shape index (κ2) is 8.17. The van der Waals surface area contributed by atoms with Gasteiger partial charge >= 0.3 is 0 Å². The number of benzene rings is 2. The van der Waals surface area contributed by atoms with Gasteiger partial charge in [0.1, 0.15) is 6.54 Å². The number of amides is 2. The summed E-state index contributed by atoms with van der Waals surface area (Å²) in [5, 5.41) is 2.96. The maximum absolute atomic E-state index is 12.7. The van der Waals surface area contributed by atoms with Crippen LogP contribution in [-0.2, 0) is 9.59 Å². The summed E-state index contributed by atoms with van der Waals surface area (Å²) in [4.78, 5) is 26.5. The quantitative estimate of drug-likeness (QED) is 0.846. The standard InChI is InChI=1S/C22H28N2O2/c1-14(2)19-9-7-8-10-20(19)23-21(26)13-24(18(6)25)22-16(4)11-15(3)12-17(22)5/h7-12,14H,13H2,1-6H3,(H,23,26). The molecule has 2 rings (SSSR count). The van der Waals surface area contributed by atoms with Gasteiger partial charge in [-0.1, -0.05) is 49.7 Å². The summed E-state index contributed by atoms with van der Waals surface area (Å²) in [7, 11) is 0. The maximum Gasteiger partial charge on any atom is 0.244 e. The van der Waals surface area contributed by atoms with E-state index >= 15 is 0 Å². The van der Waals surface area contributed by atoms with Crippen molar-refractivity contribution in [2.24, 2.45) is 0 Å². The molecule has 26 heavy (non-hydrogen) atoms. The molecule has 0 aliphatic carbocycles. The highest BCUT2D eigenvalue weighted by atomic mass is 16.2. The van der Waals surface area contributed by atoms with Gasteiger partial charge in [0.25, 0.3) is 0 Å². The Morgan fingerprint density at radius 1 is 1.04 bits per heavy atom. The molecule has 0 fully saturated rings. The number of hydrogen-bond acceptors (Lipinski definition) is 2. The Morgan fingerprint density at radius 2 is 1.62 bits per heavy atom. The summed E-state index contributed by atoms with van der Waals surface area (Å²) in [6, 6.07) is 11.8. The van der Waals surface area contributed by atoms with Crippen molar-refractivity contribution in [1.29, 1.82) is 0 Å². The number of carbonyl (C=O) groups is 2. The predicted octanol–water partition coefficient (Wildman–Crippen LogP) is 4.73. The van der Waals surface area contributed by atoms with E-state index in [0.29, 0.717) is 5.92 Å². The molecule has 2 amide bonds. The van der Waals surface area contributed by atoms with Gasteiger partial charge in [-0.15, -0.1) is 0 Å². The minimum atomic E-state index is -0.201. The number of hydrogen-bond donors (Lipinski definition) is 1. The highest BCUT2D eigenvalue weighted by Crippen LogP contribution is 2.27. The summed E-state index contributed by atoms with van der Waals surface area (Å²) in [6.07, 6.45) is 0. The Kier molecular flexibility index (Phi) is 6.19. The van der Waals surface area contributed by atoms with Gasteiger partial charge in [-0.25, -0.2) is 0 Å². The lowest BCUT2D eigenvalue weighted by molar-refractivity contribution is -0.120. The molecule has 0 saturated carbocycles. The summed E-state index contributed by atoms with van der Waals surface area (Å²) >= 11 is 0. The predicted molar refractivity (Wildman–Crippen MR) is 108 cm³/mol. The van der Waals surface area contributed by atoms with E-state index in [-0.39, 0.29) is 18.4 Å². The van der Waals surface area contributed by atoms with E-state index in [0.717, 1.165) is 33.6 Å². The number of anilines is 2. The van der Waals surface area contributed by atoms with Crippen LogP contribution in [0.2, 0.25) is 0 Å². The molecular formula is C22H28N2O2. The molecule has 0 atom stereocenters. The smallest absolute Gasteiger partial charge is 0.244 e. The van der Waals surface area contributed by atoms with E-state index in [9.17, 15) is 9.59 Å². The number of aryl methyl sites for hydroxylation is 3. The van der Waals surface area contributed by atoms with E-state index < -0.39 is 0 Å². The molecule has 0 aromatic heterocycles. The van der Waals surface area contributed by atoms with Gasteiger partial charge in [-0.2, -0.15) is 0 Å². The van der Waals surface area contributed by atoms with Crippen LogP contribution in [0.5, 0.6) is 0 Å². The second-order valence-electron chi connectivity index (χ2n) is 7.14. The number of rotatable bonds is 5. The molecule has 2 aromatic carbocycles. The zero-order valence-corrected chi connectivity index (χ0v) is 16.5. The first-order chi connectivity index (χ1) is 12.2. The number of para-hydroxylation sites is 1. The zero-order valence-electron chi connectivity index (χ0n) is 16.5. The normalized spacial score (nSPS) is 10.7. The molecule has 0 radical (unpaired) electrons. The van der Waals surface area contributed by atoms with Crippen LogP contribution in [-0.4, -0.2) is 18.4 Å². The average molecular weight is 352 g/mol. The SMILES string of the molecule is CC(=O)N(CC(=O)Nc1ccccc1C(C)C)c1c(C)cc(C)cc1C. The van der Waals surface area contributed by atoms with Crippen LogP contribution in [0.25, 0.3) is 0 Å². The minimum absolute atomic E-state index is 0.00744. The van der Waals surface area contributed by atoms with Crippen LogP contribution in [0.1, 0.15) is 48.9 Å². The van der Waals surface area contributed by atoms with Crippen LogP contribution in [0.3, 0.4) is 0 Å². The van der Waals surface area contributed by atoms with E-state index in [1.807, 2.05) is 57.2 Å². The molecule has 0 bridgehead atoms. The van der Waals surface area contributed by atoms with Crippen molar-refractivity contribution in [3.05, 3.63) is 58.7 Å². The van der Waals surface area contributed by atoms with E-state index in [4.69, 9.17) is 0 Å². The molecule has 0 saturated heterocycles. The van der Waals surface area contributed by atoms with Crippen molar-refractivity contribution in [3.63, 3.8) is 0 Å². The van der Waals surface area contributed by atoms with Gasteiger partial charge in [-0.05, 0) is 49.4 Å². The molecule has 0 heterocycles. The van der Waals surface area contributed by atoms with Gasteiger partial charge in [0, 0.05) is 12.6 Å². The van der Waals surface area contributed by atoms with Crippen LogP contribution < -0.4 is 10.2 Å². The van der Waals surface area contributed by atoms with Crippen molar-refractivity contribution >= 4 is 23.2 Å². The third kappa shape index (κ3) is 4.51. The third-order valence-corrected chi connectivity index (χ3v) is 4.44. The van der Waals surface area contributed by atoms with Crippen LogP contribution in [0.4, 0.5) is 11.4 Å². The zero-order chi connectivity index (χ0) is 19.4. The highest BCUT2D eigenvalue weighted by molar-refractivity contribution is 6.03. The number of nitrogens with zero attached hydrogens (tertiary/aromatic N) is 1. The Hall–Kier alpha value is -2.62. The van der Waals surface area contributed by atoms with Gasteiger partial charge in [-0.3, -0.25) is 9.59 Å². The largest absolute Gasteiger partial charge is 0.324 e. The Morgan fingerprint density at radius 3 is 2.15 bits per heavy atom. The Bertz CT molecular complexity index is 802. The van der Waals surface area contributed by atoms with Crippen LogP contribution in [0.15, 0.2) is 36.4 Å². The highest BCUT2D eigenvalue weighted by Gasteiger charge is 2.20. The van der Waals surface area contributed by atoms with Crippen molar-refractivity contribution in [1.82, 2.24) is 0 Å². The molecule has 0 unspecified atom stereocenters. The summed E-state index contributed by atoms with van der Waals surface area (Å²) in [5.41, 5.74) is 5.82. The van der Waals surface area contributed by atoms with Gasteiger partial charge < -0.3 is 10.2 Å². The van der Waals surface area contributed by atoms with Crippen molar-refractivity contribution in [3.8, 4) is 0 Å². The monoisotopic (exact) mass is 352 g/mol. The lowest BCUT2D eigenvalue weighted by Gasteiger charge is -2.25. The fourth-order valence-corrected chi connectivity index (χ4v) is 3.39. The minimum Gasteiger partial charge on any atom is -0.324 e. The van der Waals surface area contributed by atoms with Crippen molar-refractivity contribution in [2.75, 3.05) is 16.8 Å². The lowest BCUT2D eigenvalue weighted by atomic mass is 10.0. The fourth-order valence-electron chi connectivity index (χ4n) is 3.39. The fraction of sp³-hybridized carbons (Fsp3) is 0.364. The number of carbonyl (C=O) groups excluding carboxylic acids is 2. The molecule has 2 aromatic rings. The molecule has 0 aliphatic heterocycles.